The largest absolute Gasteiger partial charge is 0.878 e. The highest BCUT2D eigenvalue weighted by Crippen LogP contribution is 1.64. The van der Waals surface area contributed by atoms with E-state index in [1.807, 2.05) is 0 Å². The summed E-state index contributed by atoms with van der Waals surface area (Å²) < 4.78 is 0. The zero-order chi connectivity index (χ0) is 4.99. The van der Waals surface area contributed by atoms with Crippen LogP contribution >= 0.6 is 0 Å². The third kappa shape index (κ3) is 3.21. The Labute approximate surface area is 36.1 Å². The minimum absolute atomic E-state index is 0.204. The summed E-state index contributed by atoms with van der Waals surface area (Å²) in [5.41, 5.74) is 0. The van der Waals surface area contributed by atoms with Crippen LogP contribution in [0.5, 0.6) is 0 Å². The molecule has 6 heavy (non-hydrogen) atoms. The van der Waals surface area contributed by atoms with Gasteiger partial charge in [-0.1, -0.05) is 0 Å². The fourth-order valence-corrected chi connectivity index (χ4v) is 0.0958. The summed E-state index contributed by atoms with van der Waals surface area (Å²) in [5, 5.41) is 9.34. The molecule has 34 valence electrons. The summed E-state index contributed by atoms with van der Waals surface area (Å²) in [6.45, 7) is 1.33. The predicted molar refractivity (Wildman–Crippen MR) is 19.8 cm³/mol. The van der Waals surface area contributed by atoms with Crippen LogP contribution in [0.3, 0.4) is 0 Å². The van der Waals surface area contributed by atoms with Gasteiger partial charge in [0.05, 0.1) is 0 Å². The molecule has 0 aromatic heterocycles. The molecule has 0 aliphatic heterocycles. The molecule has 0 N–H and O–H groups in total. The molecule has 0 atom stereocenters. The Morgan fingerprint density at radius 1 is 1.83 bits per heavy atom. The molecule has 0 unspecified atom stereocenters. The van der Waals surface area contributed by atoms with Gasteiger partial charge >= 0.3 is 0 Å². The van der Waals surface area contributed by atoms with Crippen molar-refractivity contribution in [1.29, 1.82) is 0 Å². The summed E-state index contributed by atoms with van der Waals surface area (Å²) in [6.07, 6.45) is 1.45. The molecule has 0 fully saturated rings. The van der Waals surface area contributed by atoms with Gasteiger partial charge in [0.15, 0.2) is 5.78 Å². The van der Waals surface area contributed by atoms with Crippen molar-refractivity contribution in [3.8, 4) is 0 Å². The Kier molecular flexibility index (Phi) is 2.13. The molecule has 0 aliphatic carbocycles. The number of carbonyl (C=O) groups excluding carboxylic acids is 1. The number of allylic oxidation sites excluding steroid dienone is 1. The first-order valence-corrected chi connectivity index (χ1v) is 1.56. The lowest BCUT2D eigenvalue weighted by atomic mass is 10.4. The highest BCUT2D eigenvalue weighted by molar-refractivity contribution is 5.86. The van der Waals surface area contributed by atoms with Crippen LogP contribution in [-0.4, -0.2) is 5.78 Å². The van der Waals surface area contributed by atoms with Crippen molar-refractivity contribution in [2.24, 2.45) is 0 Å². The van der Waals surface area contributed by atoms with Crippen LogP contribution in [0, 0.1) is 0 Å². The maximum Gasteiger partial charge on any atom is 0.151 e. The Morgan fingerprint density at radius 3 is 2.33 bits per heavy atom. The smallest absolute Gasteiger partial charge is 0.151 e. The zero-order valence-electron chi connectivity index (χ0n) is 3.47. The van der Waals surface area contributed by atoms with Crippen LogP contribution in [0.25, 0.3) is 0 Å². The molecule has 0 rings (SSSR count). The first-order chi connectivity index (χ1) is 2.77. The first-order valence-electron chi connectivity index (χ1n) is 1.56. The van der Waals surface area contributed by atoms with Gasteiger partial charge in [0.1, 0.15) is 0 Å². The van der Waals surface area contributed by atoms with E-state index in [0.29, 0.717) is 6.26 Å². The van der Waals surface area contributed by atoms with Gasteiger partial charge < -0.3 is 5.11 Å². The number of hydrogen-bond acceptors (Lipinski definition) is 2. The third-order valence-corrected chi connectivity index (χ3v) is 0.303. The van der Waals surface area contributed by atoms with Crippen molar-refractivity contribution in [2.45, 2.75) is 6.92 Å². The summed E-state index contributed by atoms with van der Waals surface area (Å²) in [7, 11) is 0. The highest BCUT2D eigenvalue weighted by atomic mass is 16.2. The van der Waals surface area contributed by atoms with Crippen LogP contribution < -0.4 is 5.11 Å². The molecule has 2 nitrogen and oxygen atoms in total. The lowest BCUT2D eigenvalue weighted by Crippen LogP contribution is -1.88. The van der Waals surface area contributed by atoms with Crippen LogP contribution in [0.4, 0.5) is 0 Å². The van der Waals surface area contributed by atoms with Crippen LogP contribution in [0.2, 0.25) is 0 Å². The molecule has 0 amide bonds. The Bertz CT molecular complexity index is 73.6. The first kappa shape index (κ1) is 5.21. The molecule has 0 heterocycles. The average Bonchev–Trinajstić information content (AvgIpc) is 1.35. The Balaban J connectivity index is 3.30. The molecule has 0 aliphatic rings. The minimum atomic E-state index is -0.204. The van der Waals surface area contributed by atoms with Crippen molar-refractivity contribution < 1.29 is 9.90 Å². The van der Waals surface area contributed by atoms with Crippen molar-refractivity contribution >= 4 is 5.78 Å². The van der Waals surface area contributed by atoms with E-state index in [1.54, 1.807) is 0 Å². The molecule has 0 spiro atoms. The third-order valence-electron chi connectivity index (χ3n) is 0.303. The Morgan fingerprint density at radius 2 is 2.33 bits per heavy atom. The molecular weight excluding hydrogens is 80.0 g/mol. The summed E-state index contributed by atoms with van der Waals surface area (Å²) >= 11 is 0. The predicted octanol–water partition coefficient (Wildman–Crippen LogP) is -0.551. The fourth-order valence-electron chi connectivity index (χ4n) is 0.0958. The van der Waals surface area contributed by atoms with Gasteiger partial charge in [-0.15, -0.1) is 6.26 Å². The van der Waals surface area contributed by atoms with Gasteiger partial charge in [0.2, 0.25) is 0 Å². The second-order valence-corrected chi connectivity index (χ2v) is 0.913. The van der Waals surface area contributed by atoms with Gasteiger partial charge in [-0.05, 0) is 13.0 Å². The van der Waals surface area contributed by atoms with Crippen LogP contribution in [0.1, 0.15) is 6.92 Å². The van der Waals surface area contributed by atoms with E-state index in [4.69, 9.17) is 0 Å². The molecule has 0 saturated heterocycles. The second-order valence-electron chi connectivity index (χ2n) is 0.913. The number of rotatable bonds is 1. The lowest BCUT2D eigenvalue weighted by Gasteiger charge is -1.81. The normalized spacial score (nSPS) is 9.50. The molecule has 0 radical (unpaired) electrons. The quantitative estimate of drug-likeness (QED) is 0.316. The summed E-state index contributed by atoms with van der Waals surface area (Å²) in [5.74, 6) is -0.204. The maximum absolute atomic E-state index is 9.76. The van der Waals surface area contributed by atoms with E-state index < -0.39 is 0 Å². The van der Waals surface area contributed by atoms with Gasteiger partial charge in [-0.25, -0.2) is 0 Å². The van der Waals surface area contributed by atoms with E-state index in [1.165, 1.54) is 6.92 Å². The van der Waals surface area contributed by atoms with E-state index in [-0.39, 0.29) is 5.78 Å². The minimum Gasteiger partial charge on any atom is -0.878 e. The van der Waals surface area contributed by atoms with Gasteiger partial charge in [0.25, 0.3) is 0 Å². The van der Waals surface area contributed by atoms with Gasteiger partial charge in [0, 0.05) is 0 Å². The molecule has 0 saturated carbocycles. The molecule has 0 bridgehead atoms. The molecule has 0 aromatic carbocycles. The van der Waals surface area contributed by atoms with Crippen LogP contribution in [-0.2, 0) is 4.79 Å². The second kappa shape index (κ2) is 2.45. The maximum atomic E-state index is 9.76. The van der Waals surface area contributed by atoms with Crippen molar-refractivity contribution in [2.75, 3.05) is 0 Å². The molecule has 2 heteroatoms. The van der Waals surface area contributed by atoms with Crippen molar-refractivity contribution in [1.82, 2.24) is 0 Å². The standard InChI is InChI=1S/C4H6O2/c1-4(6)2-3-5/h2-3,5H,1H3/p-1/b3-2-. The number of hydrogen-bond donors (Lipinski definition) is 0. The van der Waals surface area contributed by atoms with Crippen molar-refractivity contribution in [3.63, 3.8) is 0 Å². The van der Waals surface area contributed by atoms with Gasteiger partial charge in [-0.2, -0.15) is 0 Å². The van der Waals surface area contributed by atoms with E-state index in [9.17, 15) is 9.90 Å². The Hall–Kier alpha value is -0.790. The van der Waals surface area contributed by atoms with Crippen LogP contribution in [0.15, 0.2) is 12.3 Å². The number of carbonyl (C=O) groups is 1. The summed E-state index contributed by atoms with van der Waals surface area (Å²) in [6, 6.07) is 0. The lowest BCUT2D eigenvalue weighted by molar-refractivity contribution is -0.274. The monoisotopic (exact) mass is 85.0 g/mol. The highest BCUT2D eigenvalue weighted by Gasteiger charge is 1.71. The molecule has 0 aromatic rings. The average molecular weight is 85.1 g/mol. The summed E-state index contributed by atoms with van der Waals surface area (Å²) in [4.78, 5) is 9.76. The SMILES string of the molecule is CC(=O)/C=C\[O-]. The van der Waals surface area contributed by atoms with Gasteiger partial charge in [-0.3, -0.25) is 4.79 Å². The van der Waals surface area contributed by atoms with E-state index in [0.717, 1.165) is 6.08 Å². The van der Waals surface area contributed by atoms with Crippen molar-refractivity contribution in [3.05, 3.63) is 12.3 Å². The fraction of sp³-hybridized carbons (Fsp3) is 0.250. The van der Waals surface area contributed by atoms with E-state index >= 15 is 0 Å². The number of ketones is 1. The topological polar surface area (TPSA) is 40.1 Å². The van der Waals surface area contributed by atoms with E-state index in [2.05, 4.69) is 0 Å². The zero-order valence-corrected chi connectivity index (χ0v) is 3.47. The molecular formula is C4H5O2-.